The minimum Gasteiger partial charge on any atom is -0.271 e. The maximum absolute atomic E-state index is 5.70. The second-order valence-corrected chi connectivity index (χ2v) is 5.50. The maximum atomic E-state index is 5.70. The van der Waals surface area contributed by atoms with E-state index in [2.05, 4.69) is 43.7 Å². The molecule has 0 radical (unpaired) electrons. The van der Waals surface area contributed by atoms with Crippen LogP contribution in [0.25, 0.3) is 0 Å². The van der Waals surface area contributed by atoms with E-state index in [-0.39, 0.29) is 6.04 Å². The number of nitrogens with one attached hydrogen (secondary N) is 1. The fraction of sp³-hybridized carbons (Fsp3) is 0.286. The molecule has 0 fully saturated rings. The molecule has 2 rings (SSSR count). The number of aromatic nitrogens is 2. The molecule has 1 aromatic carbocycles. The van der Waals surface area contributed by atoms with Crippen molar-refractivity contribution in [1.82, 2.24) is 15.6 Å². The lowest BCUT2D eigenvalue weighted by Gasteiger charge is -2.18. The third-order valence-corrected chi connectivity index (χ3v) is 3.54. The van der Waals surface area contributed by atoms with Crippen LogP contribution in [-0.2, 0) is 6.42 Å². The summed E-state index contributed by atoms with van der Waals surface area (Å²) in [6.45, 7) is 3.88. The summed E-state index contributed by atoms with van der Waals surface area (Å²) in [6.07, 6.45) is 0.807. The highest BCUT2D eigenvalue weighted by atomic mass is 79.9. The summed E-state index contributed by atoms with van der Waals surface area (Å²) in [5.74, 6) is 5.70. The van der Waals surface area contributed by atoms with Gasteiger partial charge in [-0.25, -0.2) is 0 Å². The zero-order valence-corrected chi connectivity index (χ0v) is 12.6. The van der Waals surface area contributed by atoms with Crippen molar-refractivity contribution >= 4 is 15.9 Å². The maximum Gasteiger partial charge on any atom is 0.0648 e. The van der Waals surface area contributed by atoms with Gasteiger partial charge in [0.05, 0.1) is 17.4 Å². The molecule has 1 unspecified atom stereocenters. The van der Waals surface area contributed by atoms with Crippen molar-refractivity contribution < 1.29 is 0 Å². The van der Waals surface area contributed by atoms with Crippen molar-refractivity contribution in [3.63, 3.8) is 0 Å². The molecule has 1 aromatic heterocycles. The van der Waals surface area contributed by atoms with Crippen LogP contribution in [0.3, 0.4) is 0 Å². The van der Waals surface area contributed by atoms with Crippen molar-refractivity contribution in [2.24, 2.45) is 5.84 Å². The van der Waals surface area contributed by atoms with Gasteiger partial charge in [0, 0.05) is 4.47 Å². The molecular weight excluding hydrogens is 304 g/mol. The van der Waals surface area contributed by atoms with Crippen LogP contribution in [0.4, 0.5) is 0 Å². The summed E-state index contributed by atoms with van der Waals surface area (Å²) in [4.78, 5) is 0. The van der Waals surface area contributed by atoms with Gasteiger partial charge < -0.3 is 0 Å². The van der Waals surface area contributed by atoms with E-state index in [4.69, 9.17) is 5.84 Å². The number of hydrazine groups is 1. The predicted molar refractivity (Wildman–Crippen MR) is 79.4 cm³/mol. The number of rotatable bonds is 4. The molecule has 3 N–H and O–H groups in total. The predicted octanol–water partition coefficient (Wildman–Crippen LogP) is 2.60. The third kappa shape index (κ3) is 3.59. The van der Waals surface area contributed by atoms with E-state index in [1.54, 1.807) is 0 Å². The molecule has 100 valence electrons. The molecule has 0 amide bonds. The van der Waals surface area contributed by atoms with Gasteiger partial charge in [0.15, 0.2) is 0 Å². The van der Waals surface area contributed by atoms with Gasteiger partial charge in [-0.2, -0.15) is 10.2 Å². The van der Waals surface area contributed by atoms with E-state index in [1.807, 2.05) is 32.0 Å². The normalized spacial score (nSPS) is 12.4. The van der Waals surface area contributed by atoms with Crippen LogP contribution in [0.2, 0.25) is 0 Å². The van der Waals surface area contributed by atoms with Gasteiger partial charge in [0.2, 0.25) is 0 Å². The number of aryl methyl sites for hydroxylation is 2. The minimum absolute atomic E-state index is 0.0310. The Hall–Kier alpha value is -1.30. The van der Waals surface area contributed by atoms with Crippen LogP contribution in [0.1, 0.15) is 28.6 Å². The molecule has 0 bridgehead atoms. The first-order valence-electron chi connectivity index (χ1n) is 6.11. The van der Waals surface area contributed by atoms with Crippen LogP contribution in [0.15, 0.2) is 34.8 Å². The number of nitrogens with two attached hydrogens (primary N) is 1. The highest BCUT2D eigenvalue weighted by Gasteiger charge is 2.14. The molecule has 0 aliphatic heterocycles. The number of halogens is 1. The summed E-state index contributed by atoms with van der Waals surface area (Å²) in [6, 6.07) is 10.3. The summed E-state index contributed by atoms with van der Waals surface area (Å²) >= 11 is 3.48. The summed E-state index contributed by atoms with van der Waals surface area (Å²) in [5.41, 5.74) is 6.98. The van der Waals surface area contributed by atoms with Gasteiger partial charge in [0.1, 0.15) is 0 Å². The highest BCUT2D eigenvalue weighted by molar-refractivity contribution is 9.10. The number of hydrogen-bond acceptors (Lipinski definition) is 4. The van der Waals surface area contributed by atoms with E-state index < -0.39 is 0 Å². The zero-order chi connectivity index (χ0) is 13.8. The molecule has 19 heavy (non-hydrogen) atoms. The van der Waals surface area contributed by atoms with E-state index in [0.717, 1.165) is 27.8 Å². The number of benzene rings is 1. The van der Waals surface area contributed by atoms with Gasteiger partial charge in [-0.1, -0.05) is 28.1 Å². The molecule has 0 aliphatic carbocycles. The quantitative estimate of drug-likeness (QED) is 0.671. The monoisotopic (exact) mass is 320 g/mol. The lowest BCUT2D eigenvalue weighted by molar-refractivity contribution is 0.544. The van der Waals surface area contributed by atoms with Gasteiger partial charge in [-0.05, 0) is 49.6 Å². The Bertz CT molecular complexity index is 571. The summed E-state index contributed by atoms with van der Waals surface area (Å²) in [7, 11) is 0. The Morgan fingerprint density at radius 2 is 2.05 bits per heavy atom. The zero-order valence-electron chi connectivity index (χ0n) is 11.0. The van der Waals surface area contributed by atoms with Crippen LogP contribution < -0.4 is 11.3 Å². The fourth-order valence-corrected chi connectivity index (χ4v) is 2.53. The SMILES string of the molecule is Cc1cc(C(Cc2cccc(Br)c2)NN)c(C)nn1. The summed E-state index contributed by atoms with van der Waals surface area (Å²) < 4.78 is 1.07. The molecular formula is C14H17BrN4. The molecule has 5 heteroatoms. The molecule has 1 atom stereocenters. The fourth-order valence-electron chi connectivity index (χ4n) is 2.08. The first kappa shape index (κ1) is 14.1. The first-order chi connectivity index (χ1) is 9.10. The molecule has 2 aromatic rings. The molecule has 0 saturated heterocycles. The Labute approximate surface area is 121 Å². The van der Waals surface area contributed by atoms with Crippen molar-refractivity contribution in [3.05, 3.63) is 57.3 Å². The van der Waals surface area contributed by atoms with E-state index in [1.165, 1.54) is 5.56 Å². The average Bonchev–Trinajstić information content (AvgIpc) is 2.39. The van der Waals surface area contributed by atoms with Gasteiger partial charge in [0.25, 0.3) is 0 Å². The molecule has 0 spiro atoms. The lowest BCUT2D eigenvalue weighted by Crippen LogP contribution is -2.30. The smallest absolute Gasteiger partial charge is 0.0648 e. The Balaban J connectivity index is 2.27. The average molecular weight is 321 g/mol. The topological polar surface area (TPSA) is 63.8 Å². The Morgan fingerprint density at radius 3 is 2.74 bits per heavy atom. The van der Waals surface area contributed by atoms with E-state index >= 15 is 0 Å². The third-order valence-electron chi connectivity index (χ3n) is 3.05. The van der Waals surface area contributed by atoms with Gasteiger partial charge in [-0.15, -0.1) is 0 Å². The van der Waals surface area contributed by atoms with Crippen LogP contribution in [0.5, 0.6) is 0 Å². The first-order valence-corrected chi connectivity index (χ1v) is 6.91. The van der Waals surface area contributed by atoms with Crippen LogP contribution in [-0.4, -0.2) is 10.2 Å². The minimum atomic E-state index is 0.0310. The standard InChI is InChI=1S/C14H17BrN4/c1-9-6-13(10(2)19-18-9)14(17-16)8-11-4-3-5-12(15)7-11/h3-7,14,17H,8,16H2,1-2H3. The molecule has 0 saturated carbocycles. The van der Waals surface area contributed by atoms with Gasteiger partial charge >= 0.3 is 0 Å². The van der Waals surface area contributed by atoms with Crippen LogP contribution in [0, 0.1) is 13.8 Å². The Morgan fingerprint density at radius 1 is 1.26 bits per heavy atom. The largest absolute Gasteiger partial charge is 0.271 e. The molecule has 4 nitrogen and oxygen atoms in total. The van der Waals surface area contributed by atoms with Crippen LogP contribution >= 0.6 is 15.9 Å². The van der Waals surface area contributed by atoms with Crippen molar-refractivity contribution in [1.29, 1.82) is 0 Å². The van der Waals surface area contributed by atoms with E-state index in [0.29, 0.717) is 0 Å². The van der Waals surface area contributed by atoms with Gasteiger partial charge in [-0.3, -0.25) is 11.3 Å². The highest BCUT2D eigenvalue weighted by Crippen LogP contribution is 2.22. The Kier molecular flexibility index (Phi) is 4.63. The summed E-state index contributed by atoms with van der Waals surface area (Å²) in [5, 5.41) is 8.20. The van der Waals surface area contributed by atoms with E-state index in [9.17, 15) is 0 Å². The van der Waals surface area contributed by atoms with Crippen molar-refractivity contribution in [3.8, 4) is 0 Å². The van der Waals surface area contributed by atoms with Crippen molar-refractivity contribution in [2.45, 2.75) is 26.3 Å². The number of hydrogen-bond donors (Lipinski definition) is 2. The molecule has 0 aliphatic rings. The van der Waals surface area contributed by atoms with Crippen molar-refractivity contribution in [2.75, 3.05) is 0 Å². The lowest BCUT2D eigenvalue weighted by atomic mass is 9.98. The second-order valence-electron chi connectivity index (χ2n) is 4.58. The number of nitrogens with zero attached hydrogens (tertiary/aromatic N) is 2. The second kappa shape index (κ2) is 6.23. The molecule has 1 heterocycles.